The number of carbonyl (C=O) groups excluding carboxylic acids is 1. The van der Waals surface area contributed by atoms with Crippen molar-refractivity contribution in [1.82, 2.24) is 5.32 Å². The summed E-state index contributed by atoms with van der Waals surface area (Å²) in [4.78, 5) is 11.4. The minimum Gasteiger partial charge on any atom is -0.490 e. The van der Waals surface area contributed by atoms with Crippen LogP contribution in [0.4, 0.5) is 4.79 Å². The van der Waals surface area contributed by atoms with Gasteiger partial charge in [-0.15, -0.1) is 0 Å². The maximum atomic E-state index is 11.4. The number of hydrogen-bond acceptors (Lipinski definition) is 3. The summed E-state index contributed by atoms with van der Waals surface area (Å²) in [6, 6.07) is 15.7. The molecular formula is C18H17Cl4NO3. The molecule has 0 fully saturated rings. The molecule has 4 nitrogen and oxygen atoms in total. The molecule has 0 radical (unpaired) electrons. The van der Waals surface area contributed by atoms with Crippen molar-refractivity contribution in [1.29, 1.82) is 0 Å². The Bertz CT molecular complexity index is 720. The molecule has 26 heavy (non-hydrogen) atoms. The Hall–Kier alpha value is -1.33. The van der Waals surface area contributed by atoms with Crippen LogP contribution < -0.4 is 10.1 Å². The highest BCUT2D eigenvalue weighted by atomic mass is 35.6. The number of benzene rings is 2. The van der Waals surface area contributed by atoms with Gasteiger partial charge < -0.3 is 14.8 Å². The van der Waals surface area contributed by atoms with Crippen LogP contribution in [0.3, 0.4) is 0 Å². The third-order valence-corrected chi connectivity index (χ3v) is 3.87. The monoisotopic (exact) mass is 435 g/mol. The van der Waals surface area contributed by atoms with Gasteiger partial charge in [0.1, 0.15) is 19.0 Å². The molecule has 0 heterocycles. The fraction of sp³-hybridized carbons (Fsp3) is 0.278. The van der Waals surface area contributed by atoms with Gasteiger partial charge in [-0.25, -0.2) is 4.79 Å². The van der Waals surface area contributed by atoms with Crippen LogP contribution in [0.5, 0.6) is 5.75 Å². The predicted molar refractivity (Wildman–Crippen MR) is 106 cm³/mol. The van der Waals surface area contributed by atoms with Crippen LogP contribution in [-0.4, -0.2) is 29.6 Å². The summed E-state index contributed by atoms with van der Waals surface area (Å²) < 4.78 is 8.65. The highest BCUT2D eigenvalue weighted by molar-refractivity contribution is 6.67. The van der Waals surface area contributed by atoms with Crippen LogP contribution in [0.2, 0.25) is 5.02 Å². The lowest BCUT2D eigenvalue weighted by Gasteiger charge is -2.13. The molecule has 0 unspecified atom stereocenters. The van der Waals surface area contributed by atoms with Gasteiger partial charge in [-0.05, 0) is 29.7 Å². The molecule has 0 aliphatic rings. The van der Waals surface area contributed by atoms with E-state index in [1.165, 1.54) is 5.56 Å². The number of rotatable bonds is 7. The van der Waals surface area contributed by atoms with Gasteiger partial charge in [0.2, 0.25) is 3.79 Å². The molecule has 0 atom stereocenters. The number of alkyl halides is 3. The van der Waals surface area contributed by atoms with Crippen molar-refractivity contribution in [3.63, 3.8) is 0 Å². The molecule has 1 N–H and O–H groups in total. The third kappa shape index (κ3) is 7.92. The average molecular weight is 437 g/mol. The number of amides is 1. The van der Waals surface area contributed by atoms with Crippen molar-refractivity contribution in [3.8, 4) is 5.75 Å². The zero-order valence-electron chi connectivity index (χ0n) is 13.7. The number of hydrogen-bond donors (Lipinski definition) is 1. The Morgan fingerprint density at radius 2 is 1.77 bits per heavy atom. The van der Waals surface area contributed by atoms with Crippen LogP contribution in [0.1, 0.15) is 11.1 Å². The molecule has 2 rings (SSSR count). The third-order valence-electron chi connectivity index (χ3n) is 3.24. The normalized spacial score (nSPS) is 11.1. The maximum Gasteiger partial charge on any atom is 0.407 e. The first kappa shape index (κ1) is 21.0. The zero-order valence-corrected chi connectivity index (χ0v) is 16.7. The van der Waals surface area contributed by atoms with Crippen molar-refractivity contribution >= 4 is 52.5 Å². The van der Waals surface area contributed by atoms with E-state index in [-0.39, 0.29) is 19.8 Å². The first-order valence-corrected chi connectivity index (χ1v) is 9.27. The van der Waals surface area contributed by atoms with Gasteiger partial charge in [0, 0.05) is 0 Å². The molecule has 0 saturated heterocycles. The summed E-state index contributed by atoms with van der Waals surface area (Å²) in [5.41, 5.74) is 2.29. The Kier molecular flexibility index (Phi) is 8.16. The lowest BCUT2D eigenvalue weighted by atomic mass is 10.1. The lowest BCUT2D eigenvalue weighted by Crippen LogP contribution is -2.31. The number of halogens is 4. The van der Waals surface area contributed by atoms with Crippen molar-refractivity contribution < 1.29 is 14.3 Å². The van der Waals surface area contributed by atoms with Crippen LogP contribution in [0.25, 0.3) is 0 Å². The van der Waals surface area contributed by atoms with Crippen LogP contribution >= 0.6 is 46.4 Å². The van der Waals surface area contributed by atoms with E-state index in [4.69, 9.17) is 55.9 Å². The Labute approximate surface area is 172 Å². The molecule has 140 valence electrons. The van der Waals surface area contributed by atoms with Gasteiger partial charge in [0.05, 0.1) is 11.6 Å². The Morgan fingerprint density at radius 3 is 2.42 bits per heavy atom. The van der Waals surface area contributed by atoms with Crippen LogP contribution in [0.15, 0.2) is 48.5 Å². The Morgan fingerprint density at radius 1 is 1.04 bits per heavy atom. The molecule has 2 aromatic rings. The van der Waals surface area contributed by atoms with Gasteiger partial charge >= 0.3 is 6.09 Å². The van der Waals surface area contributed by atoms with E-state index in [0.29, 0.717) is 10.8 Å². The van der Waals surface area contributed by atoms with Crippen molar-refractivity contribution in [2.75, 3.05) is 19.8 Å². The van der Waals surface area contributed by atoms with Gasteiger partial charge in [-0.2, -0.15) is 0 Å². The molecule has 0 aliphatic heterocycles. The zero-order chi connectivity index (χ0) is 19.0. The standard InChI is InChI=1S/C18H17Cl4NO3/c19-15-11-14(10-13-4-2-1-3-5-13)6-7-16(15)25-9-8-23-17(24)26-12-18(20,21)22/h1-7,11H,8-10,12H2,(H,23,24). The summed E-state index contributed by atoms with van der Waals surface area (Å²) in [7, 11) is 0. The highest BCUT2D eigenvalue weighted by Gasteiger charge is 2.21. The number of alkyl carbamates (subject to hydrolysis) is 1. The number of ether oxygens (including phenoxy) is 2. The molecule has 0 saturated carbocycles. The van der Waals surface area contributed by atoms with E-state index in [9.17, 15) is 4.79 Å². The number of carbonyl (C=O) groups is 1. The van der Waals surface area contributed by atoms with Gasteiger partial charge in [-0.3, -0.25) is 0 Å². The average Bonchev–Trinajstić information content (AvgIpc) is 2.59. The summed E-state index contributed by atoms with van der Waals surface area (Å²) in [5, 5.41) is 3.00. The van der Waals surface area contributed by atoms with E-state index in [2.05, 4.69) is 17.4 Å². The van der Waals surface area contributed by atoms with Gasteiger partial charge in [-0.1, -0.05) is 82.8 Å². The van der Waals surface area contributed by atoms with Gasteiger partial charge in [0.25, 0.3) is 0 Å². The first-order valence-electron chi connectivity index (χ1n) is 7.76. The van der Waals surface area contributed by atoms with Crippen LogP contribution in [-0.2, 0) is 11.2 Å². The molecule has 0 aliphatic carbocycles. The summed E-state index contributed by atoms with van der Waals surface area (Å²) in [6.07, 6.45) is 0.0986. The van der Waals surface area contributed by atoms with E-state index in [0.717, 1.165) is 12.0 Å². The molecule has 2 aromatic carbocycles. The molecule has 0 spiro atoms. The smallest absolute Gasteiger partial charge is 0.407 e. The minimum atomic E-state index is -1.64. The van der Waals surface area contributed by atoms with E-state index in [1.54, 1.807) is 0 Å². The number of nitrogens with one attached hydrogen (secondary N) is 1. The van der Waals surface area contributed by atoms with Gasteiger partial charge in [0.15, 0.2) is 0 Å². The fourth-order valence-electron chi connectivity index (χ4n) is 2.12. The predicted octanol–water partition coefficient (Wildman–Crippen LogP) is 5.41. The van der Waals surface area contributed by atoms with Crippen molar-refractivity contribution in [2.45, 2.75) is 10.2 Å². The van der Waals surface area contributed by atoms with Crippen LogP contribution in [0, 0.1) is 0 Å². The maximum absolute atomic E-state index is 11.4. The largest absolute Gasteiger partial charge is 0.490 e. The molecule has 8 heteroatoms. The SMILES string of the molecule is O=C(NCCOc1ccc(Cc2ccccc2)cc1Cl)OCC(Cl)(Cl)Cl. The van der Waals surface area contributed by atoms with E-state index >= 15 is 0 Å². The summed E-state index contributed by atoms with van der Waals surface area (Å²) in [5.74, 6) is 0.542. The van der Waals surface area contributed by atoms with E-state index in [1.807, 2.05) is 36.4 Å². The quantitative estimate of drug-likeness (QED) is 0.466. The second kappa shape index (κ2) is 10.1. The minimum absolute atomic E-state index is 0.223. The summed E-state index contributed by atoms with van der Waals surface area (Å²) >= 11 is 22.7. The second-order valence-corrected chi connectivity index (χ2v) is 8.32. The first-order chi connectivity index (χ1) is 12.3. The van der Waals surface area contributed by atoms with E-state index < -0.39 is 9.89 Å². The van der Waals surface area contributed by atoms with Crippen molar-refractivity contribution in [2.24, 2.45) is 0 Å². The summed E-state index contributed by atoms with van der Waals surface area (Å²) in [6.45, 7) is 0.112. The van der Waals surface area contributed by atoms with Crippen molar-refractivity contribution in [3.05, 3.63) is 64.7 Å². The molecular weight excluding hydrogens is 420 g/mol. The topological polar surface area (TPSA) is 47.6 Å². The highest BCUT2D eigenvalue weighted by Crippen LogP contribution is 2.27. The molecule has 0 aromatic heterocycles. The Balaban J connectivity index is 1.75. The fourth-order valence-corrected chi connectivity index (χ4v) is 2.54. The molecule has 1 amide bonds. The second-order valence-electron chi connectivity index (χ2n) is 5.39. The molecule has 0 bridgehead atoms. The lowest BCUT2D eigenvalue weighted by molar-refractivity contribution is 0.146.